The van der Waals surface area contributed by atoms with Crippen molar-refractivity contribution in [1.82, 2.24) is 15.0 Å². The fraction of sp³-hybridized carbons (Fsp3) is 0. The number of pyridine rings is 4. The first-order valence-corrected chi connectivity index (χ1v) is 18.2. The Kier molecular flexibility index (Phi) is 10.9. The number of aromatic amines is 2. The number of fused-ring (bicyclic) bond motifs is 2. The highest BCUT2D eigenvalue weighted by atomic mass is 35.5. The Hall–Kier alpha value is -5.00. The normalized spacial score (nSPS) is 11.1. The van der Waals surface area contributed by atoms with Gasteiger partial charge in [0.15, 0.2) is 6.20 Å². The predicted octanol–water partition coefficient (Wildman–Crippen LogP) is 12.0. The van der Waals surface area contributed by atoms with Gasteiger partial charge in [-0.3, -0.25) is 14.6 Å². The quantitative estimate of drug-likeness (QED) is 0.136. The van der Waals surface area contributed by atoms with Crippen LogP contribution < -0.4 is 15.8 Å². The SMILES string of the molecule is O=c1cc(-c2ccc(F)cc2Cl)c2cc[n+]([O-])c(-c3c(Cl)cccc3Cl)c2[nH]1.O=c1cc(-c2ccc(F)cc2Cl)c2ccnc(-c3c(Cl)cccc3Cl)c2[nH]1. The van der Waals surface area contributed by atoms with E-state index in [0.29, 0.717) is 70.1 Å². The minimum absolute atomic E-state index is 0.102. The molecule has 0 aliphatic heterocycles. The molecule has 4 heterocycles. The van der Waals surface area contributed by atoms with Crippen molar-refractivity contribution in [2.75, 3.05) is 0 Å². The maximum Gasteiger partial charge on any atom is 0.251 e. The molecule has 0 amide bonds. The highest BCUT2D eigenvalue weighted by Crippen LogP contribution is 2.41. The molecule has 7 nitrogen and oxygen atoms in total. The first-order valence-electron chi connectivity index (χ1n) is 15.9. The molecule has 274 valence electrons. The van der Waals surface area contributed by atoms with Gasteiger partial charge in [-0.05, 0) is 77.9 Å². The number of halogens is 8. The number of rotatable bonds is 4. The average Bonchev–Trinajstić information content (AvgIpc) is 3.12. The van der Waals surface area contributed by atoms with E-state index in [1.165, 1.54) is 48.7 Å². The van der Waals surface area contributed by atoms with Crippen molar-refractivity contribution in [2.24, 2.45) is 0 Å². The summed E-state index contributed by atoms with van der Waals surface area (Å²) in [5, 5.41) is 15.5. The van der Waals surface area contributed by atoms with Crippen LogP contribution in [0.5, 0.6) is 0 Å². The molecule has 0 aliphatic rings. The predicted molar refractivity (Wildman–Crippen MR) is 218 cm³/mol. The van der Waals surface area contributed by atoms with Crippen LogP contribution in [0, 0.1) is 16.8 Å². The van der Waals surface area contributed by atoms with E-state index in [-0.39, 0.29) is 36.9 Å². The van der Waals surface area contributed by atoms with Crippen LogP contribution in [0.25, 0.3) is 66.6 Å². The molecule has 55 heavy (non-hydrogen) atoms. The summed E-state index contributed by atoms with van der Waals surface area (Å²) < 4.78 is 27.5. The summed E-state index contributed by atoms with van der Waals surface area (Å²) in [5.41, 5.74) is 3.27. The lowest BCUT2D eigenvalue weighted by atomic mass is 9.99. The minimum atomic E-state index is -0.496. The van der Waals surface area contributed by atoms with E-state index in [4.69, 9.17) is 69.6 Å². The van der Waals surface area contributed by atoms with Crippen LogP contribution in [0.1, 0.15) is 0 Å². The lowest BCUT2D eigenvalue weighted by Gasteiger charge is -2.13. The van der Waals surface area contributed by atoms with Crippen molar-refractivity contribution in [3.8, 4) is 44.8 Å². The Morgan fingerprint density at radius 3 is 1.53 bits per heavy atom. The zero-order valence-corrected chi connectivity index (χ0v) is 32.1. The largest absolute Gasteiger partial charge is 0.618 e. The van der Waals surface area contributed by atoms with Gasteiger partial charge >= 0.3 is 0 Å². The smallest absolute Gasteiger partial charge is 0.251 e. The zero-order valence-electron chi connectivity index (χ0n) is 27.5. The molecule has 0 saturated carbocycles. The van der Waals surface area contributed by atoms with E-state index in [9.17, 15) is 23.6 Å². The van der Waals surface area contributed by atoms with Crippen LogP contribution in [-0.4, -0.2) is 15.0 Å². The van der Waals surface area contributed by atoms with Crippen molar-refractivity contribution in [3.63, 3.8) is 0 Å². The van der Waals surface area contributed by atoms with Gasteiger partial charge < -0.3 is 15.2 Å². The van der Waals surface area contributed by atoms with Gasteiger partial charge in [-0.2, -0.15) is 4.73 Å². The van der Waals surface area contributed by atoms with Gasteiger partial charge in [0.1, 0.15) is 17.2 Å². The Balaban J connectivity index is 0.000000169. The summed E-state index contributed by atoms with van der Waals surface area (Å²) in [6.07, 6.45) is 2.88. The van der Waals surface area contributed by atoms with Gasteiger partial charge in [-0.25, -0.2) is 8.78 Å². The standard InChI is InChI=1S/C20H10Cl3FN2O2.C20H10Cl3FN2O/c21-14-2-1-3-15(22)18(14)20-19-12(6-7-26(20)28)13(9-17(27)25-19)11-5-4-10(24)8-16(11)23;21-14-2-1-3-15(22)18(14)20-19-12(6-7-25-20)13(9-17(27)26-19)11-5-4-10(24)8-16(11)23/h1-9H,(H,25,27);1-9H,(H,26,27). The zero-order chi connectivity index (χ0) is 39.1. The molecule has 0 radical (unpaired) electrons. The lowest BCUT2D eigenvalue weighted by molar-refractivity contribution is -0.592. The molecule has 0 fully saturated rings. The Morgan fingerprint density at radius 1 is 0.545 bits per heavy atom. The number of benzene rings is 4. The van der Waals surface area contributed by atoms with Gasteiger partial charge in [0.05, 0.1) is 46.9 Å². The van der Waals surface area contributed by atoms with Crippen molar-refractivity contribution < 1.29 is 13.5 Å². The molecule has 8 rings (SSSR count). The van der Waals surface area contributed by atoms with E-state index in [1.54, 1.807) is 54.7 Å². The molecule has 0 spiro atoms. The summed E-state index contributed by atoms with van der Waals surface area (Å²) in [6, 6.07) is 23.9. The number of nitrogens with one attached hydrogen (secondary N) is 2. The molecule has 15 heteroatoms. The number of hydrogen-bond acceptors (Lipinski definition) is 4. The van der Waals surface area contributed by atoms with Crippen LogP contribution in [0.3, 0.4) is 0 Å². The second kappa shape index (κ2) is 15.6. The summed E-state index contributed by atoms with van der Waals surface area (Å²) in [6.45, 7) is 0. The summed E-state index contributed by atoms with van der Waals surface area (Å²) in [7, 11) is 0. The number of hydrogen-bond donors (Lipinski definition) is 2. The van der Waals surface area contributed by atoms with Gasteiger partial charge in [-0.1, -0.05) is 81.7 Å². The molecule has 4 aromatic heterocycles. The Labute approximate surface area is 339 Å². The van der Waals surface area contributed by atoms with Crippen molar-refractivity contribution >= 4 is 91.4 Å². The van der Waals surface area contributed by atoms with Crippen LogP contribution in [-0.2, 0) is 0 Å². The topological polar surface area (TPSA) is 106 Å². The fourth-order valence-electron chi connectivity index (χ4n) is 6.17. The second-order valence-electron chi connectivity index (χ2n) is 11.9. The van der Waals surface area contributed by atoms with E-state index in [1.807, 2.05) is 0 Å². The number of H-pyrrole nitrogens is 2. The molecular formula is C40H20Cl6F2N4O3. The molecule has 8 aromatic rings. The van der Waals surface area contributed by atoms with E-state index >= 15 is 0 Å². The molecule has 0 unspecified atom stereocenters. The molecule has 0 saturated heterocycles. The molecule has 0 atom stereocenters. The van der Waals surface area contributed by atoms with E-state index in [0.717, 1.165) is 6.07 Å². The molecule has 2 N–H and O–H groups in total. The average molecular weight is 855 g/mol. The monoisotopic (exact) mass is 852 g/mol. The summed E-state index contributed by atoms with van der Waals surface area (Å²) >= 11 is 37.6. The molecule has 0 aliphatic carbocycles. The van der Waals surface area contributed by atoms with E-state index in [2.05, 4.69) is 15.0 Å². The Morgan fingerprint density at radius 2 is 1.02 bits per heavy atom. The number of nitrogens with zero attached hydrogens (tertiary/aromatic N) is 2. The third-order valence-corrected chi connectivity index (χ3v) is 10.4. The van der Waals surface area contributed by atoms with Crippen LogP contribution in [0.4, 0.5) is 8.78 Å². The Bertz CT molecular complexity index is 2920. The van der Waals surface area contributed by atoms with Gasteiger partial charge in [0, 0.05) is 51.9 Å². The lowest BCUT2D eigenvalue weighted by Crippen LogP contribution is -2.29. The minimum Gasteiger partial charge on any atom is -0.618 e. The molecular weight excluding hydrogens is 835 g/mol. The maximum absolute atomic E-state index is 13.5. The van der Waals surface area contributed by atoms with Crippen molar-refractivity contribution in [2.45, 2.75) is 0 Å². The van der Waals surface area contributed by atoms with Crippen LogP contribution in [0.2, 0.25) is 30.1 Å². The third kappa shape index (κ3) is 7.52. The highest BCUT2D eigenvalue weighted by molar-refractivity contribution is 6.40. The van der Waals surface area contributed by atoms with Gasteiger partial charge in [0.25, 0.3) is 5.69 Å². The molecule has 4 aromatic carbocycles. The van der Waals surface area contributed by atoms with Crippen molar-refractivity contribution in [1.29, 1.82) is 0 Å². The first kappa shape index (κ1) is 38.3. The number of aromatic nitrogens is 4. The van der Waals surface area contributed by atoms with E-state index < -0.39 is 17.2 Å². The third-order valence-electron chi connectivity index (χ3n) is 8.52. The first-order chi connectivity index (χ1) is 26.3. The van der Waals surface area contributed by atoms with Gasteiger partial charge in [0.2, 0.25) is 11.1 Å². The van der Waals surface area contributed by atoms with Crippen LogP contribution in [0.15, 0.2) is 119 Å². The fourth-order valence-corrected chi connectivity index (χ4v) is 7.86. The highest BCUT2D eigenvalue weighted by Gasteiger charge is 2.24. The maximum atomic E-state index is 13.5. The summed E-state index contributed by atoms with van der Waals surface area (Å²) in [5.74, 6) is -0.952. The molecule has 0 bridgehead atoms. The van der Waals surface area contributed by atoms with Crippen LogP contribution >= 0.6 is 69.6 Å². The second-order valence-corrected chi connectivity index (χ2v) is 14.3. The van der Waals surface area contributed by atoms with Crippen molar-refractivity contribution in [3.05, 3.63) is 177 Å². The van der Waals surface area contributed by atoms with Gasteiger partial charge in [-0.15, -0.1) is 0 Å². The summed E-state index contributed by atoms with van der Waals surface area (Å²) in [4.78, 5) is 34.6.